The van der Waals surface area contributed by atoms with Crippen LogP contribution in [0, 0.1) is 0 Å². The summed E-state index contributed by atoms with van der Waals surface area (Å²) in [5.41, 5.74) is 5.06. The number of hydrogen-bond donors (Lipinski definition) is 1. The molecule has 6 heteroatoms. The summed E-state index contributed by atoms with van der Waals surface area (Å²) in [5.74, 6) is -0.00915. The second-order valence-corrected chi connectivity index (χ2v) is 4.86. The van der Waals surface area contributed by atoms with E-state index < -0.39 is 11.7 Å². The van der Waals surface area contributed by atoms with E-state index in [1.54, 1.807) is 24.3 Å². The third-order valence-corrected chi connectivity index (χ3v) is 3.04. The standard InChI is InChI=1S/C15H13ClF3NO/c16-11-2-1-3-12(9-11)21-14-5-4-10(6-7-20)8-13(14)15(17,18)19/h1-5,8-9H,6-7,20H2. The zero-order valence-electron chi connectivity index (χ0n) is 11.0. The van der Waals surface area contributed by atoms with Crippen molar-refractivity contribution in [2.24, 2.45) is 5.73 Å². The molecule has 2 nitrogen and oxygen atoms in total. The molecule has 0 saturated carbocycles. The van der Waals surface area contributed by atoms with Crippen LogP contribution in [0.5, 0.6) is 11.5 Å². The van der Waals surface area contributed by atoms with Crippen LogP contribution in [0.2, 0.25) is 5.02 Å². The van der Waals surface area contributed by atoms with Gasteiger partial charge in [-0.25, -0.2) is 0 Å². The van der Waals surface area contributed by atoms with Gasteiger partial charge >= 0.3 is 6.18 Å². The summed E-state index contributed by atoms with van der Waals surface area (Å²) in [6.07, 6.45) is -4.13. The number of ether oxygens (including phenoxy) is 1. The summed E-state index contributed by atoms with van der Waals surface area (Å²) in [6.45, 7) is 0.284. The van der Waals surface area contributed by atoms with Crippen LogP contribution in [-0.2, 0) is 12.6 Å². The van der Waals surface area contributed by atoms with Crippen LogP contribution >= 0.6 is 11.6 Å². The van der Waals surface area contributed by atoms with Gasteiger partial charge in [-0.1, -0.05) is 23.7 Å². The van der Waals surface area contributed by atoms with Crippen molar-refractivity contribution in [1.29, 1.82) is 0 Å². The predicted molar refractivity (Wildman–Crippen MR) is 75.7 cm³/mol. The lowest BCUT2D eigenvalue weighted by Gasteiger charge is -2.15. The molecule has 0 fully saturated rings. The molecular formula is C15H13ClF3NO. The second kappa shape index (κ2) is 6.37. The van der Waals surface area contributed by atoms with Gasteiger partial charge in [-0.05, 0) is 48.9 Å². The molecular weight excluding hydrogens is 303 g/mol. The molecule has 0 radical (unpaired) electrons. The van der Waals surface area contributed by atoms with Crippen molar-refractivity contribution in [3.63, 3.8) is 0 Å². The van der Waals surface area contributed by atoms with E-state index in [1.807, 2.05) is 0 Å². The first-order valence-corrected chi connectivity index (χ1v) is 6.61. The Morgan fingerprint density at radius 1 is 1.10 bits per heavy atom. The Hall–Kier alpha value is -1.72. The van der Waals surface area contributed by atoms with Crippen LogP contribution in [0.15, 0.2) is 42.5 Å². The van der Waals surface area contributed by atoms with Crippen LogP contribution < -0.4 is 10.5 Å². The van der Waals surface area contributed by atoms with E-state index in [2.05, 4.69) is 0 Å². The minimum atomic E-state index is -4.50. The van der Waals surface area contributed by atoms with Crippen molar-refractivity contribution in [1.82, 2.24) is 0 Å². The van der Waals surface area contributed by atoms with E-state index >= 15 is 0 Å². The van der Waals surface area contributed by atoms with Crippen molar-refractivity contribution in [3.05, 3.63) is 58.6 Å². The Morgan fingerprint density at radius 3 is 2.48 bits per heavy atom. The Labute approximate surface area is 125 Å². The monoisotopic (exact) mass is 315 g/mol. The van der Waals surface area contributed by atoms with Gasteiger partial charge in [0.2, 0.25) is 0 Å². The number of halogens is 4. The number of benzene rings is 2. The summed E-state index contributed by atoms with van der Waals surface area (Å²) in [6, 6.07) is 10.1. The molecule has 2 N–H and O–H groups in total. The zero-order chi connectivity index (χ0) is 15.5. The summed E-state index contributed by atoms with van der Waals surface area (Å²) in [4.78, 5) is 0. The lowest BCUT2D eigenvalue weighted by Crippen LogP contribution is -2.09. The van der Waals surface area contributed by atoms with Crippen LogP contribution in [0.1, 0.15) is 11.1 Å². The molecule has 0 bridgehead atoms. The summed E-state index contributed by atoms with van der Waals surface area (Å²) < 4.78 is 44.7. The number of rotatable bonds is 4. The molecule has 2 aromatic carbocycles. The zero-order valence-corrected chi connectivity index (χ0v) is 11.7. The molecule has 0 spiro atoms. The molecule has 2 rings (SSSR count). The third-order valence-electron chi connectivity index (χ3n) is 2.81. The van der Waals surface area contributed by atoms with Crippen LogP contribution in [0.25, 0.3) is 0 Å². The third kappa shape index (κ3) is 4.12. The van der Waals surface area contributed by atoms with Gasteiger partial charge in [0.1, 0.15) is 11.5 Å². The maximum absolute atomic E-state index is 13.1. The fourth-order valence-electron chi connectivity index (χ4n) is 1.87. The molecule has 0 saturated heterocycles. The smallest absolute Gasteiger partial charge is 0.419 e. The minimum absolute atomic E-state index is 0.250. The minimum Gasteiger partial charge on any atom is -0.457 e. The van der Waals surface area contributed by atoms with E-state index in [-0.39, 0.29) is 18.0 Å². The fourth-order valence-corrected chi connectivity index (χ4v) is 2.05. The highest BCUT2D eigenvalue weighted by atomic mass is 35.5. The molecule has 0 aliphatic heterocycles. The first-order chi connectivity index (χ1) is 9.90. The molecule has 21 heavy (non-hydrogen) atoms. The Morgan fingerprint density at radius 2 is 1.86 bits per heavy atom. The largest absolute Gasteiger partial charge is 0.457 e. The lowest BCUT2D eigenvalue weighted by molar-refractivity contribution is -0.138. The predicted octanol–water partition coefficient (Wildman–Crippen LogP) is 4.65. The summed E-state index contributed by atoms with van der Waals surface area (Å²) in [7, 11) is 0. The van der Waals surface area contributed by atoms with Gasteiger partial charge in [-0.2, -0.15) is 13.2 Å². The second-order valence-electron chi connectivity index (χ2n) is 4.43. The summed E-state index contributed by atoms with van der Waals surface area (Å²) in [5, 5.41) is 0.390. The molecule has 2 aromatic rings. The molecule has 0 unspecified atom stereocenters. The molecule has 112 valence electrons. The first-order valence-electron chi connectivity index (χ1n) is 6.24. The fraction of sp³-hybridized carbons (Fsp3) is 0.200. The van der Waals surface area contributed by atoms with E-state index in [0.29, 0.717) is 17.0 Å². The van der Waals surface area contributed by atoms with Gasteiger partial charge < -0.3 is 10.5 Å². The average molecular weight is 316 g/mol. The van der Waals surface area contributed by atoms with Crippen LogP contribution in [-0.4, -0.2) is 6.54 Å². The van der Waals surface area contributed by atoms with Crippen molar-refractivity contribution in [2.75, 3.05) is 6.54 Å². The van der Waals surface area contributed by atoms with Gasteiger partial charge in [0.25, 0.3) is 0 Å². The first kappa shape index (κ1) is 15.7. The van der Waals surface area contributed by atoms with E-state index in [9.17, 15) is 13.2 Å². The van der Waals surface area contributed by atoms with Crippen molar-refractivity contribution < 1.29 is 17.9 Å². The van der Waals surface area contributed by atoms with E-state index in [0.717, 1.165) is 6.07 Å². The topological polar surface area (TPSA) is 35.2 Å². The van der Waals surface area contributed by atoms with Crippen LogP contribution in [0.3, 0.4) is 0 Å². The Balaban J connectivity index is 2.38. The van der Waals surface area contributed by atoms with Gasteiger partial charge in [0.05, 0.1) is 5.56 Å². The quantitative estimate of drug-likeness (QED) is 0.891. The van der Waals surface area contributed by atoms with Gasteiger partial charge in [-0.3, -0.25) is 0 Å². The summed E-state index contributed by atoms with van der Waals surface area (Å²) >= 11 is 5.79. The molecule has 0 aliphatic rings. The van der Waals surface area contributed by atoms with Crippen molar-refractivity contribution in [3.8, 4) is 11.5 Å². The highest BCUT2D eigenvalue weighted by molar-refractivity contribution is 6.30. The maximum atomic E-state index is 13.1. The molecule has 0 atom stereocenters. The van der Waals surface area contributed by atoms with E-state index in [1.165, 1.54) is 12.1 Å². The molecule has 0 amide bonds. The Bertz CT molecular complexity index is 629. The molecule has 0 aliphatic carbocycles. The van der Waals surface area contributed by atoms with E-state index in [4.69, 9.17) is 22.1 Å². The van der Waals surface area contributed by atoms with Gasteiger partial charge in [-0.15, -0.1) is 0 Å². The van der Waals surface area contributed by atoms with Gasteiger partial charge in [0, 0.05) is 5.02 Å². The van der Waals surface area contributed by atoms with Crippen molar-refractivity contribution >= 4 is 11.6 Å². The molecule has 0 aromatic heterocycles. The highest BCUT2D eigenvalue weighted by Crippen LogP contribution is 2.39. The Kier molecular flexibility index (Phi) is 4.75. The molecule has 0 heterocycles. The van der Waals surface area contributed by atoms with Gasteiger partial charge in [0.15, 0.2) is 0 Å². The number of hydrogen-bond acceptors (Lipinski definition) is 2. The maximum Gasteiger partial charge on any atom is 0.419 e. The van der Waals surface area contributed by atoms with Crippen LogP contribution in [0.4, 0.5) is 13.2 Å². The highest BCUT2D eigenvalue weighted by Gasteiger charge is 2.34. The SMILES string of the molecule is NCCc1ccc(Oc2cccc(Cl)c2)c(C(F)(F)F)c1. The van der Waals surface area contributed by atoms with Crippen molar-refractivity contribution in [2.45, 2.75) is 12.6 Å². The lowest BCUT2D eigenvalue weighted by atomic mass is 10.1. The number of alkyl halides is 3. The normalized spacial score (nSPS) is 11.5. The average Bonchev–Trinajstić information content (AvgIpc) is 2.39. The number of nitrogens with two attached hydrogens (primary N) is 1.